The number of hydrogen-bond acceptors (Lipinski definition) is 3. The molecule has 110 valence electrons. The molecule has 3 heteroatoms. The molecule has 0 aliphatic carbocycles. The molecule has 0 bridgehead atoms. The number of anilines is 1. The van der Waals surface area contributed by atoms with E-state index in [1.165, 1.54) is 5.56 Å². The van der Waals surface area contributed by atoms with Crippen molar-refractivity contribution in [2.75, 3.05) is 12.3 Å². The first kappa shape index (κ1) is 15.1. The molecule has 0 aliphatic rings. The zero-order valence-electron chi connectivity index (χ0n) is 12.7. The van der Waals surface area contributed by atoms with Crippen LogP contribution in [0.1, 0.15) is 48.2 Å². The Morgan fingerprint density at radius 2 is 1.81 bits per heavy atom. The molecule has 0 amide bonds. The zero-order chi connectivity index (χ0) is 15.4. The summed E-state index contributed by atoms with van der Waals surface area (Å²) in [5.41, 5.74) is 8.76. The van der Waals surface area contributed by atoms with Crippen molar-refractivity contribution in [2.45, 2.75) is 26.7 Å². The van der Waals surface area contributed by atoms with Gasteiger partial charge in [0.2, 0.25) is 0 Å². The highest BCUT2D eigenvalue weighted by molar-refractivity contribution is 6.11. The van der Waals surface area contributed by atoms with Crippen molar-refractivity contribution in [3.8, 4) is 5.75 Å². The Bertz CT molecular complexity index is 630. The van der Waals surface area contributed by atoms with E-state index >= 15 is 0 Å². The molecule has 0 radical (unpaired) electrons. The Labute approximate surface area is 125 Å². The van der Waals surface area contributed by atoms with Gasteiger partial charge in [0.15, 0.2) is 11.5 Å². The van der Waals surface area contributed by atoms with Gasteiger partial charge >= 0.3 is 0 Å². The van der Waals surface area contributed by atoms with Crippen LogP contribution in [0.3, 0.4) is 0 Å². The smallest absolute Gasteiger partial charge is 0.196 e. The summed E-state index contributed by atoms with van der Waals surface area (Å²) in [6.07, 6.45) is 0. The lowest BCUT2D eigenvalue weighted by molar-refractivity contribution is 0.103. The van der Waals surface area contributed by atoms with Gasteiger partial charge in [-0.2, -0.15) is 0 Å². The van der Waals surface area contributed by atoms with Gasteiger partial charge in [0, 0.05) is 5.56 Å². The van der Waals surface area contributed by atoms with Crippen LogP contribution in [0.2, 0.25) is 0 Å². The molecule has 0 saturated carbocycles. The molecule has 0 fully saturated rings. The Kier molecular flexibility index (Phi) is 4.63. The average molecular weight is 283 g/mol. The Morgan fingerprint density at radius 3 is 2.38 bits per heavy atom. The van der Waals surface area contributed by atoms with E-state index in [9.17, 15) is 4.79 Å². The summed E-state index contributed by atoms with van der Waals surface area (Å²) in [4.78, 5) is 12.6. The molecule has 0 aromatic heterocycles. The number of ketones is 1. The fraction of sp³-hybridized carbons (Fsp3) is 0.278. The van der Waals surface area contributed by atoms with Crippen LogP contribution < -0.4 is 10.5 Å². The second-order valence-corrected chi connectivity index (χ2v) is 5.26. The second-order valence-electron chi connectivity index (χ2n) is 5.26. The molecule has 0 aliphatic heterocycles. The number of benzene rings is 2. The molecule has 0 heterocycles. The van der Waals surface area contributed by atoms with Crippen LogP contribution in [0.5, 0.6) is 5.75 Å². The van der Waals surface area contributed by atoms with Crippen molar-refractivity contribution in [3.63, 3.8) is 0 Å². The summed E-state index contributed by atoms with van der Waals surface area (Å²) < 4.78 is 5.53. The first-order chi connectivity index (χ1) is 10.0. The summed E-state index contributed by atoms with van der Waals surface area (Å²) in [6.45, 7) is 6.60. The van der Waals surface area contributed by atoms with E-state index in [0.717, 1.165) is 0 Å². The van der Waals surface area contributed by atoms with Gasteiger partial charge in [-0.25, -0.2) is 0 Å². The fourth-order valence-corrected chi connectivity index (χ4v) is 2.21. The van der Waals surface area contributed by atoms with Crippen molar-refractivity contribution in [2.24, 2.45) is 0 Å². The van der Waals surface area contributed by atoms with Crippen molar-refractivity contribution < 1.29 is 9.53 Å². The SMILES string of the molecule is CCOc1c(N)cccc1C(=O)c1ccc(C(C)C)cc1. The lowest BCUT2D eigenvalue weighted by Crippen LogP contribution is -2.07. The number of ether oxygens (including phenoxy) is 1. The normalized spacial score (nSPS) is 10.7. The third kappa shape index (κ3) is 3.24. The fourth-order valence-electron chi connectivity index (χ4n) is 2.21. The van der Waals surface area contributed by atoms with Crippen molar-refractivity contribution in [1.29, 1.82) is 0 Å². The van der Waals surface area contributed by atoms with Crippen molar-refractivity contribution >= 4 is 11.5 Å². The van der Waals surface area contributed by atoms with Gasteiger partial charge in [-0.1, -0.05) is 44.2 Å². The highest BCUT2D eigenvalue weighted by Crippen LogP contribution is 2.28. The highest BCUT2D eigenvalue weighted by Gasteiger charge is 2.16. The van der Waals surface area contributed by atoms with Crippen LogP contribution in [0, 0.1) is 0 Å². The molecule has 0 unspecified atom stereocenters. The number of hydrogen-bond donors (Lipinski definition) is 1. The summed E-state index contributed by atoms with van der Waals surface area (Å²) in [6, 6.07) is 13.0. The molecule has 2 rings (SSSR count). The van der Waals surface area contributed by atoms with Crippen LogP contribution in [0.15, 0.2) is 42.5 Å². The molecule has 0 spiro atoms. The number of carbonyl (C=O) groups excluding carboxylic acids is 1. The van der Waals surface area contributed by atoms with E-state index < -0.39 is 0 Å². The Morgan fingerprint density at radius 1 is 1.14 bits per heavy atom. The topological polar surface area (TPSA) is 52.3 Å². The number of carbonyl (C=O) groups is 1. The second kappa shape index (κ2) is 6.44. The van der Waals surface area contributed by atoms with E-state index in [4.69, 9.17) is 10.5 Å². The lowest BCUT2D eigenvalue weighted by Gasteiger charge is -2.12. The van der Waals surface area contributed by atoms with Crippen LogP contribution >= 0.6 is 0 Å². The molecule has 0 atom stereocenters. The summed E-state index contributed by atoms with van der Waals surface area (Å²) in [7, 11) is 0. The molecule has 2 aromatic rings. The monoisotopic (exact) mass is 283 g/mol. The minimum atomic E-state index is -0.0685. The third-order valence-corrected chi connectivity index (χ3v) is 3.42. The predicted molar refractivity (Wildman–Crippen MR) is 86.0 cm³/mol. The molecule has 0 saturated heterocycles. The highest BCUT2D eigenvalue weighted by atomic mass is 16.5. The molecule has 21 heavy (non-hydrogen) atoms. The number of nitrogens with two attached hydrogens (primary N) is 1. The average Bonchev–Trinajstić information content (AvgIpc) is 2.49. The zero-order valence-corrected chi connectivity index (χ0v) is 12.7. The predicted octanol–water partition coefficient (Wildman–Crippen LogP) is 4.02. The standard InChI is InChI=1S/C18H21NO2/c1-4-21-18-15(6-5-7-16(18)19)17(20)14-10-8-13(9-11-14)12(2)3/h5-12H,4,19H2,1-3H3. The van der Waals surface area contributed by atoms with E-state index in [2.05, 4.69) is 13.8 Å². The Balaban J connectivity index is 2.38. The maximum Gasteiger partial charge on any atom is 0.196 e. The first-order valence-corrected chi connectivity index (χ1v) is 7.20. The van der Waals surface area contributed by atoms with E-state index in [1.54, 1.807) is 18.2 Å². The maximum absolute atomic E-state index is 12.6. The van der Waals surface area contributed by atoms with E-state index in [0.29, 0.717) is 35.1 Å². The van der Waals surface area contributed by atoms with Gasteiger partial charge in [-0.05, 0) is 30.5 Å². The molecule has 3 nitrogen and oxygen atoms in total. The minimum Gasteiger partial charge on any atom is -0.491 e. The third-order valence-electron chi connectivity index (χ3n) is 3.42. The van der Waals surface area contributed by atoms with Gasteiger partial charge in [0.1, 0.15) is 0 Å². The van der Waals surface area contributed by atoms with Gasteiger partial charge < -0.3 is 10.5 Å². The largest absolute Gasteiger partial charge is 0.491 e. The van der Waals surface area contributed by atoms with Crippen molar-refractivity contribution in [1.82, 2.24) is 0 Å². The van der Waals surface area contributed by atoms with Crippen LogP contribution in [0.4, 0.5) is 5.69 Å². The molecular weight excluding hydrogens is 262 g/mol. The van der Waals surface area contributed by atoms with E-state index in [1.807, 2.05) is 31.2 Å². The van der Waals surface area contributed by atoms with Crippen LogP contribution in [-0.2, 0) is 0 Å². The first-order valence-electron chi connectivity index (χ1n) is 7.20. The van der Waals surface area contributed by atoms with Gasteiger partial charge in [-0.3, -0.25) is 4.79 Å². The summed E-state index contributed by atoms with van der Waals surface area (Å²) >= 11 is 0. The number of rotatable bonds is 5. The van der Waals surface area contributed by atoms with E-state index in [-0.39, 0.29) is 5.78 Å². The quantitative estimate of drug-likeness (QED) is 0.666. The number of para-hydroxylation sites is 1. The molecule has 2 aromatic carbocycles. The molecular formula is C18H21NO2. The van der Waals surface area contributed by atoms with Crippen molar-refractivity contribution in [3.05, 3.63) is 59.2 Å². The maximum atomic E-state index is 12.6. The van der Waals surface area contributed by atoms with Gasteiger partial charge in [0.25, 0.3) is 0 Å². The van der Waals surface area contributed by atoms with Gasteiger partial charge in [0.05, 0.1) is 17.9 Å². The lowest BCUT2D eigenvalue weighted by atomic mass is 9.97. The molecule has 2 N–H and O–H groups in total. The summed E-state index contributed by atoms with van der Waals surface area (Å²) in [5.74, 6) is 0.847. The minimum absolute atomic E-state index is 0.0685. The number of nitrogen functional groups attached to an aromatic ring is 1. The van der Waals surface area contributed by atoms with Gasteiger partial charge in [-0.15, -0.1) is 0 Å². The Hall–Kier alpha value is -2.29. The summed E-state index contributed by atoms with van der Waals surface area (Å²) in [5, 5.41) is 0. The van der Waals surface area contributed by atoms with Crippen LogP contribution in [-0.4, -0.2) is 12.4 Å². The van der Waals surface area contributed by atoms with Crippen LogP contribution in [0.25, 0.3) is 0 Å².